The van der Waals surface area contributed by atoms with Gasteiger partial charge in [-0.1, -0.05) is 18.2 Å². The van der Waals surface area contributed by atoms with Crippen molar-refractivity contribution in [2.45, 2.75) is 19.3 Å². The van der Waals surface area contributed by atoms with Crippen LogP contribution in [-0.4, -0.2) is 24.1 Å². The molecule has 19 heavy (non-hydrogen) atoms. The summed E-state index contributed by atoms with van der Waals surface area (Å²) in [6.07, 6.45) is 5.39. The first-order valence-electron chi connectivity index (χ1n) is 6.89. The summed E-state index contributed by atoms with van der Waals surface area (Å²) in [5.74, 6) is 0.722. The Hall–Kier alpha value is -1.97. The van der Waals surface area contributed by atoms with E-state index in [2.05, 4.69) is 27.8 Å². The number of H-pyrrole nitrogens is 1. The number of nitrogens with one attached hydrogen (secondary N) is 3. The molecular weight excluding hydrogens is 238 g/mol. The Kier molecular flexibility index (Phi) is 3.40. The molecule has 1 aromatic heterocycles. The van der Waals surface area contributed by atoms with Crippen LogP contribution in [0.3, 0.4) is 0 Å². The van der Waals surface area contributed by atoms with Gasteiger partial charge in [-0.05, 0) is 36.8 Å². The maximum absolute atomic E-state index is 11.5. The first-order valence-corrected chi connectivity index (χ1v) is 6.89. The normalized spacial score (nSPS) is 14.5. The highest BCUT2D eigenvalue weighted by Gasteiger charge is 2.21. The monoisotopic (exact) mass is 257 g/mol. The SMILES string of the molecule is O=C(NCCc1c[nH]c2ccccc12)NCC1CC1. The third-order valence-corrected chi connectivity index (χ3v) is 3.60. The zero-order valence-corrected chi connectivity index (χ0v) is 10.9. The second kappa shape index (κ2) is 5.34. The molecule has 0 unspecified atom stereocenters. The number of para-hydroxylation sites is 1. The van der Waals surface area contributed by atoms with Crippen molar-refractivity contribution in [1.29, 1.82) is 0 Å². The van der Waals surface area contributed by atoms with Gasteiger partial charge in [-0.3, -0.25) is 0 Å². The molecule has 4 heteroatoms. The average Bonchev–Trinajstić information content (AvgIpc) is 3.18. The molecule has 0 aliphatic heterocycles. The van der Waals surface area contributed by atoms with Gasteiger partial charge < -0.3 is 15.6 Å². The molecule has 1 aromatic carbocycles. The van der Waals surface area contributed by atoms with Gasteiger partial charge in [0.25, 0.3) is 0 Å². The Labute approximate surface area is 112 Å². The van der Waals surface area contributed by atoms with E-state index in [9.17, 15) is 4.79 Å². The van der Waals surface area contributed by atoms with Gasteiger partial charge in [0.1, 0.15) is 0 Å². The van der Waals surface area contributed by atoms with E-state index in [1.54, 1.807) is 0 Å². The van der Waals surface area contributed by atoms with Gasteiger partial charge >= 0.3 is 6.03 Å². The number of rotatable bonds is 5. The van der Waals surface area contributed by atoms with Crippen molar-refractivity contribution in [2.24, 2.45) is 5.92 Å². The molecule has 2 aromatic rings. The van der Waals surface area contributed by atoms with Crippen LogP contribution < -0.4 is 10.6 Å². The van der Waals surface area contributed by atoms with Crippen molar-refractivity contribution >= 4 is 16.9 Å². The summed E-state index contributed by atoms with van der Waals surface area (Å²) in [6.45, 7) is 1.48. The fourth-order valence-corrected chi connectivity index (χ4v) is 2.27. The number of benzene rings is 1. The Balaban J connectivity index is 1.47. The zero-order chi connectivity index (χ0) is 13.1. The van der Waals surface area contributed by atoms with Crippen molar-refractivity contribution < 1.29 is 4.79 Å². The molecule has 1 fully saturated rings. The molecule has 1 aliphatic rings. The Bertz CT molecular complexity index is 572. The predicted molar refractivity (Wildman–Crippen MR) is 76.1 cm³/mol. The quantitative estimate of drug-likeness (QED) is 0.757. The zero-order valence-electron chi connectivity index (χ0n) is 10.9. The fourth-order valence-electron chi connectivity index (χ4n) is 2.27. The number of carbonyl (C=O) groups excluding carboxylic acids is 1. The molecule has 1 heterocycles. The summed E-state index contributed by atoms with van der Waals surface area (Å²) < 4.78 is 0. The van der Waals surface area contributed by atoms with Crippen LogP contribution in [0.25, 0.3) is 10.9 Å². The third kappa shape index (κ3) is 3.08. The minimum atomic E-state index is -0.0493. The molecule has 0 atom stereocenters. The Morgan fingerprint density at radius 2 is 2.11 bits per heavy atom. The number of urea groups is 1. The van der Waals surface area contributed by atoms with E-state index in [1.165, 1.54) is 23.8 Å². The Morgan fingerprint density at radius 3 is 2.95 bits per heavy atom. The van der Waals surface area contributed by atoms with Gasteiger partial charge in [0.05, 0.1) is 0 Å². The fraction of sp³-hybridized carbons (Fsp3) is 0.400. The number of hydrogen-bond acceptors (Lipinski definition) is 1. The molecule has 3 rings (SSSR count). The van der Waals surface area contributed by atoms with Crippen LogP contribution in [0.15, 0.2) is 30.5 Å². The first kappa shape index (κ1) is 12.1. The maximum atomic E-state index is 11.5. The number of hydrogen-bond donors (Lipinski definition) is 3. The molecule has 0 spiro atoms. The van der Waals surface area contributed by atoms with Gasteiger partial charge in [-0.2, -0.15) is 0 Å². The van der Waals surface area contributed by atoms with E-state index in [4.69, 9.17) is 0 Å². The second-order valence-electron chi connectivity index (χ2n) is 5.19. The molecule has 0 bridgehead atoms. The summed E-state index contributed by atoms with van der Waals surface area (Å²) in [5, 5.41) is 7.05. The molecule has 2 amide bonds. The van der Waals surface area contributed by atoms with E-state index >= 15 is 0 Å². The molecule has 3 N–H and O–H groups in total. The van der Waals surface area contributed by atoms with Crippen LogP contribution in [0.1, 0.15) is 18.4 Å². The van der Waals surface area contributed by atoms with Gasteiger partial charge in [0.2, 0.25) is 0 Å². The topological polar surface area (TPSA) is 56.9 Å². The van der Waals surface area contributed by atoms with Crippen molar-refractivity contribution in [3.8, 4) is 0 Å². The summed E-state index contributed by atoms with van der Waals surface area (Å²) in [5.41, 5.74) is 2.40. The van der Waals surface area contributed by atoms with Crippen LogP contribution in [0.4, 0.5) is 4.79 Å². The second-order valence-corrected chi connectivity index (χ2v) is 5.19. The maximum Gasteiger partial charge on any atom is 0.314 e. The molecule has 100 valence electrons. The van der Waals surface area contributed by atoms with Gasteiger partial charge in [-0.25, -0.2) is 4.79 Å². The van der Waals surface area contributed by atoms with Gasteiger partial charge in [0, 0.05) is 30.2 Å². The minimum absolute atomic E-state index is 0.0493. The van der Waals surface area contributed by atoms with Crippen molar-refractivity contribution in [3.63, 3.8) is 0 Å². The lowest BCUT2D eigenvalue weighted by atomic mass is 10.1. The highest BCUT2D eigenvalue weighted by molar-refractivity contribution is 5.83. The summed E-state index contributed by atoms with van der Waals surface area (Å²) in [7, 11) is 0. The van der Waals surface area contributed by atoms with E-state index in [0.29, 0.717) is 6.54 Å². The summed E-state index contributed by atoms with van der Waals surface area (Å²) in [6, 6.07) is 8.18. The lowest BCUT2D eigenvalue weighted by Crippen LogP contribution is -2.37. The lowest BCUT2D eigenvalue weighted by Gasteiger charge is -2.06. The third-order valence-electron chi connectivity index (χ3n) is 3.60. The molecule has 4 nitrogen and oxygen atoms in total. The van der Waals surface area contributed by atoms with Gasteiger partial charge in [-0.15, -0.1) is 0 Å². The number of aromatic amines is 1. The van der Waals surface area contributed by atoms with E-state index in [1.807, 2.05) is 18.3 Å². The predicted octanol–water partition coefficient (Wildman–Crippen LogP) is 2.42. The van der Waals surface area contributed by atoms with Crippen LogP contribution in [0, 0.1) is 5.92 Å². The first-order chi connectivity index (χ1) is 9.33. The molecule has 0 radical (unpaired) electrons. The van der Waals surface area contributed by atoms with Crippen LogP contribution in [-0.2, 0) is 6.42 Å². The van der Waals surface area contributed by atoms with Crippen LogP contribution in [0.2, 0.25) is 0 Å². The van der Waals surface area contributed by atoms with Crippen LogP contribution >= 0.6 is 0 Å². The van der Waals surface area contributed by atoms with E-state index < -0.39 is 0 Å². The van der Waals surface area contributed by atoms with E-state index in [-0.39, 0.29) is 6.03 Å². The molecule has 1 aliphatic carbocycles. The minimum Gasteiger partial charge on any atom is -0.361 e. The molecular formula is C15H19N3O. The van der Waals surface area contributed by atoms with Crippen molar-refractivity contribution in [2.75, 3.05) is 13.1 Å². The van der Waals surface area contributed by atoms with Crippen LogP contribution in [0.5, 0.6) is 0 Å². The number of aromatic nitrogens is 1. The summed E-state index contributed by atoms with van der Waals surface area (Å²) >= 11 is 0. The highest BCUT2D eigenvalue weighted by atomic mass is 16.2. The molecule has 0 saturated heterocycles. The standard InChI is InChI=1S/C15H19N3O/c19-15(18-9-11-5-6-11)16-8-7-12-10-17-14-4-2-1-3-13(12)14/h1-4,10-11,17H,5-9H2,(H2,16,18,19). The van der Waals surface area contributed by atoms with Gasteiger partial charge in [0.15, 0.2) is 0 Å². The number of amides is 2. The average molecular weight is 257 g/mol. The number of fused-ring (bicyclic) bond motifs is 1. The highest BCUT2D eigenvalue weighted by Crippen LogP contribution is 2.27. The smallest absolute Gasteiger partial charge is 0.314 e. The lowest BCUT2D eigenvalue weighted by molar-refractivity contribution is 0.240. The van der Waals surface area contributed by atoms with E-state index in [0.717, 1.165) is 24.4 Å². The van der Waals surface area contributed by atoms with Crippen molar-refractivity contribution in [3.05, 3.63) is 36.0 Å². The summed E-state index contributed by atoms with van der Waals surface area (Å²) in [4.78, 5) is 14.8. The Morgan fingerprint density at radius 1 is 1.26 bits per heavy atom. The molecule has 1 saturated carbocycles. The van der Waals surface area contributed by atoms with Crippen molar-refractivity contribution in [1.82, 2.24) is 15.6 Å². The number of carbonyl (C=O) groups is 1. The largest absolute Gasteiger partial charge is 0.361 e.